The Morgan fingerprint density at radius 3 is 1.91 bits per heavy atom. The van der Waals surface area contributed by atoms with Crippen molar-refractivity contribution in [1.82, 2.24) is 0 Å². The van der Waals surface area contributed by atoms with E-state index in [0.29, 0.717) is 0 Å². The van der Waals surface area contributed by atoms with Crippen LogP contribution in [0.1, 0.15) is 40.2 Å². The van der Waals surface area contributed by atoms with Gasteiger partial charge in [-0.2, -0.15) is 0 Å². The molecule has 0 aliphatic heterocycles. The number of benzene rings is 1. The highest BCUT2D eigenvalue weighted by atomic mass is 16.4. The summed E-state index contributed by atoms with van der Waals surface area (Å²) < 4.78 is 0. The minimum Gasteiger partial charge on any atom is -0.481 e. The number of carbonyl (C=O) groups is 2. The first-order valence-corrected chi connectivity index (χ1v) is 7.37. The molecule has 0 heterocycles. The van der Waals surface area contributed by atoms with Crippen molar-refractivity contribution in [3.8, 4) is 0 Å². The summed E-state index contributed by atoms with van der Waals surface area (Å²) in [5, 5.41) is 18.3. The maximum absolute atomic E-state index is 11.3. The summed E-state index contributed by atoms with van der Waals surface area (Å²) in [4.78, 5) is 24.0. The maximum atomic E-state index is 11.3. The van der Waals surface area contributed by atoms with Crippen LogP contribution in [0.5, 0.6) is 0 Å². The second-order valence-corrected chi connectivity index (χ2v) is 6.70. The molecule has 22 heavy (non-hydrogen) atoms. The summed E-state index contributed by atoms with van der Waals surface area (Å²) >= 11 is 0. The molecule has 0 radical (unpaired) electrons. The molecule has 122 valence electrons. The minimum absolute atomic E-state index is 0.0100. The summed E-state index contributed by atoms with van der Waals surface area (Å²) in [7, 11) is 0. The Labute approximate surface area is 131 Å². The third-order valence-corrected chi connectivity index (χ3v) is 3.78. The van der Waals surface area contributed by atoms with E-state index in [1.54, 1.807) is 18.7 Å². The molecular weight excluding hydrogens is 282 g/mol. The first kappa shape index (κ1) is 18.0. The molecule has 1 aromatic rings. The third kappa shape index (κ3) is 4.48. The van der Waals surface area contributed by atoms with E-state index >= 15 is 0 Å². The fourth-order valence-electron chi connectivity index (χ4n) is 2.15. The van der Waals surface area contributed by atoms with E-state index in [4.69, 9.17) is 5.11 Å². The van der Waals surface area contributed by atoms with Gasteiger partial charge in [0.05, 0.1) is 5.92 Å². The number of carboxylic acid groups (broad SMARTS) is 2. The highest BCUT2D eigenvalue weighted by molar-refractivity contribution is 5.78. The van der Waals surface area contributed by atoms with Gasteiger partial charge in [0.25, 0.3) is 0 Å². The largest absolute Gasteiger partial charge is 0.481 e. The van der Waals surface area contributed by atoms with Crippen LogP contribution in [-0.4, -0.2) is 34.7 Å². The van der Waals surface area contributed by atoms with Crippen LogP contribution in [0.4, 0.5) is 5.69 Å². The van der Waals surface area contributed by atoms with Gasteiger partial charge in [0, 0.05) is 12.2 Å². The van der Waals surface area contributed by atoms with E-state index in [1.807, 2.05) is 24.3 Å². The van der Waals surface area contributed by atoms with E-state index in [2.05, 4.69) is 20.8 Å². The Morgan fingerprint density at radius 1 is 1.05 bits per heavy atom. The van der Waals surface area contributed by atoms with Gasteiger partial charge in [0.2, 0.25) is 0 Å². The zero-order valence-corrected chi connectivity index (χ0v) is 13.8. The lowest BCUT2D eigenvalue weighted by atomic mass is 9.87. The summed E-state index contributed by atoms with van der Waals surface area (Å²) in [5.41, 5.74) is 1.87. The molecule has 0 bridgehead atoms. The predicted molar refractivity (Wildman–Crippen MR) is 86.4 cm³/mol. The van der Waals surface area contributed by atoms with Crippen molar-refractivity contribution < 1.29 is 19.8 Å². The smallest absolute Gasteiger partial charge is 0.326 e. The van der Waals surface area contributed by atoms with Crippen LogP contribution in [0.15, 0.2) is 24.3 Å². The van der Waals surface area contributed by atoms with Gasteiger partial charge in [-0.25, -0.2) is 4.79 Å². The molecule has 1 aromatic carbocycles. The zero-order chi connectivity index (χ0) is 17.1. The van der Waals surface area contributed by atoms with E-state index in [9.17, 15) is 14.7 Å². The maximum Gasteiger partial charge on any atom is 0.326 e. The van der Waals surface area contributed by atoms with Crippen molar-refractivity contribution in [2.24, 2.45) is 5.92 Å². The quantitative estimate of drug-likeness (QED) is 0.844. The number of hydrogen-bond donors (Lipinski definition) is 2. The summed E-state index contributed by atoms with van der Waals surface area (Å²) in [5.74, 6) is -2.56. The number of carboxylic acids is 2. The number of hydrogen-bond acceptors (Lipinski definition) is 3. The van der Waals surface area contributed by atoms with Gasteiger partial charge >= 0.3 is 11.9 Å². The molecule has 0 aliphatic rings. The lowest BCUT2D eigenvalue weighted by molar-refractivity contribution is -0.142. The van der Waals surface area contributed by atoms with Crippen molar-refractivity contribution in [1.29, 1.82) is 0 Å². The third-order valence-electron chi connectivity index (χ3n) is 3.78. The van der Waals surface area contributed by atoms with E-state index in [-0.39, 0.29) is 12.0 Å². The van der Waals surface area contributed by atoms with Crippen LogP contribution in [-0.2, 0) is 15.0 Å². The van der Waals surface area contributed by atoms with Crippen LogP contribution < -0.4 is 4.90 Å². The Bertz CT molecular complexity index is 531. The number of aliphatic carboxylic acids is 2. The van der Waals surface area contributed by atoms with Crippen molar-refractivity contribution >= 4 is 17.6 Å². The molecule has 0 saturated carbocycles. The van der Waals surface area contributed by atoms with Crippen LogP contribution in [0.25, 0.3) is 0 Å². The lowest BCUT2D eigenvalue weighted by Gasteiger charge is -2.31. The average Bonchev–Trinajstić information content (AvgIpc) is 2.42. The standard InChI is InChI=1S/C17H25NO4/c1-11(15(19)20)10-18(12(2)16(21)22)14-8-6-13(7-9-14)17(3,4)5/h6-9,11-12H,10H2,1-5H3,(H,19,20)(H,21,22). The molecule has 0 amide bonds. The Morgan fingerprint density at radius 2 is 1.55 bits per heavy atom. The summed E-state index contributed by atoms with van der Waals surface area (Å²) in [6, 6.07) is 6.84. The Balaban J connectivity index is 3.10. The number of rotatable bonds is 6. The second kappa shape index (κ2) is 6.81. The molecule has 0 aliphatic carbocycles. The van der Waals surface area contributed by atoms with Crippen molar-refractivity contribution in [2.75, 3.05) is 11.4 Å². The molecule has 0 spiro atoms. The first-order chi connectivity index (χ1) is 10.0. The average molecular weight is 307 g/mol. The van der Waals surface area contributed by atoms with Gasteiger partial charge in [-0.15, -0.1) is 0 Å². The van der Waals surface area contributed by atoms with E-state index < -0.39 is 23.9 Å². The highest BCUT2D eigenvalue weighted by Crippen LogP contribution is 2.26. The minimum atomic E-state index is -0.975. The molecule has 2 unspecified atom stereocenters. The van der Waals surface area contributed by atoms with Gasteiger partial charge in [-0.1, -0.05) is 39.8 Å². The SMILES string of the molecule is CC(CN(c1ccc(C(C)(C)C)cc1)C(C)C(=O)O)C(=O)O. The van der Waals surface area contributed by atoms with E-state index in [1.165, 1.54) is 0 Å². The van der Waals surface area contributed by atoms with Crippen LogP contribution >= 0.6 is 0 Å². The zero-order valence-electron chi connectivity index (χ0n) is 13.8. The molecule has 2 N–H and O–H groups in total. The monoisotopic (exact) mass is 307 g/mol. The van der Waals surface area contributed by atoms with Crippen LogP contribution in [0.2, 0.25) is 0 Å². The lowest BCUT2D eigenvalue weighted by Crippen LogP contribution is -2.43. The topological polar surface area (TPSA) is 77.8 Å². The molecule has 0 fully saturated rings. The van der Waals surface area contributed by atoms with Gasteiger partial charge in [-0.05, 0) is 30.0 Å². The molecular formula is C17H25NO4. The fraction of sp³-hybridized carbons (Fsp3) is 0.529. The van der Waals surface area contributed by atoms with Crippen LogP contribution in [0.3, 0.4) is 0 Å². The molecule has 5 nitrogen and oxygen atoms in total. The number of anilines is 1. The summed E-state index contributed by atoms with van der Waals surface area (Å²) in [6.45, 7) is 9.60. The van der Waals surface area contributed by atoms with Gasteiger partial charge in [-0.3, -0.25) is 4.79 Å². The first-order valence-electron chi connectivity index (χ1n) is 7.37. The summed E-state index contributed by atoms with van der Waals surface area (Å²) in [6.07, 6.45) is 0. The van der Waals surface area contributed by atoms with Crippen LogP contribution in [0, 0.1) is 5.92 Å². The highest BCUT2D eigenvalue weighted by Gasteiger charge is 2.25. The normalized spacial score (nSPS) is 14.2. The number of nitrogens with zero attached hydrogens (tertiary/aromatic N) is 1. The van der Waals surface area contributed by atoms with Gasteiger partial charge in [0.1, 0.15) is 6.04 Å². The van der Waals surface area contributed by atoms with Crippen molar-refractivity contribution in [3.05, 3.63) is 29.8 Å². The molecule has 2 atom stereocenters. The van der Waals surface area contributed by atoms with Gasteiger partial charge < -0.3 is 15.1 Å². The van der Waals surface area contributed by atoms with Crippen molar-refractivity contribution in [2.45, 2.75) is 46.1 Å². The predicted octanol–water partition coefficient (Wildman–Crippen LogP) is 2.98. The Kier molecular flexibility index (Phi) is 5.58. The molecule has 0 saturated heterocycles. The molecule has 5 heteroatoms. The second-order valence-electron chi connectivity index (χ2n) is 6.70. The van der Waals surface area contributed by atoms with Gasteiger partial charge in [0.15, 0.2) is 0 Å². The fourth-order valence-corrected chi connectivity index (χ4v) is 2.15. The van der Waals surface area contributed by atoms with E-state index in [0.717, 1.165) is 11.3 Å². The molecule has 1 rings (SSSR count). The van der Waals surface area contributed by atoms with Crippen molar-refractivity contribution in [3.63, 3.8) is 0 Å². The Hall–Kier alpha value is -2.04. The molecule has 0 aromatic heterocycles.